The summed E-state index contributed by atoms with van der Waals surface area (Å²) < 4.78 is 25.9. The first-order valence-electron chi connectivity index (χ1n) is 5.92. The summed E-state index contributed by atoms with van der Waals surface area (Å²) in [6.07, 6.45) is 2.13. The summed E-state index contributed by atoms with van der Waals surface area (Å²) in [5.41, 5.74) is 1.61. The van der Waals surface area contributed by atoms with E-state index in [1.54, 1.807) is 23.2 Å². The zero-order chi connectivity index (χ0) is 15.1. The monoisotopic (exact) mass is 336 g/mol. The zero-order valence-corrected chi connectivity index (χ0v) is 13.6. The number of hydrogen-bond donors (Lipinski definition) is 0. The Labute approximate surface area is 126 Å². The van der Waals surface area contributed by atoms with Gasteiger partial charge < -0.3 is 4.57 Å². The largest absolute Gasteiger partial charge is 0.328 e. The highest BCUT2D eigenvalue weighted by atomic mass is 35.7. The van der Waals surface area contributed by atoms with Crippen molar-refractivity contribution in [3.05, 3.63) is 28.4 Å². The maximum Gasteiger partial charge on any atom is 0.280 e. The summed E-state index contributed by atoms with van der Waals surface area (Å²) in [6.45, 7) is 4.06. The van der Waals surface area contributed by atoms with E-state index in [2.05, 4.69) is 10.1 Å². The smallest absolute Gasteiger partial charge is 0.280 e. The standard InChI is InChI=1S/C11H14Cl2N4O2S/c1-4-8-11(12)9(16(3)15-8)5-17-6-10(14-7(17)2)20(13,18)19/h6H,4-5H2,1-3H3. The fourth-order valence-electron chi connectivity index (χ4n) is 1.91. The van der Waals surface area contributed by atoms with Crippen molar-refractivity contribution in [1.29, 1.82) is 0 Å². The molecule has 0 aliphatic heterocycles. The van der Waals surface area contributed by atoms with E-state index in [1.165, 1.54) is 6.20 Å². The average molecular weight is 337 g/mol. The van der Waals surface area contributed by atoms with Crippen molar-refractivity contribution in [1.82, 2.24) is 19.3 Å². The lowest BCUT2D eigenvalue weighted by atomic mass is 10.3. The Morgan fingerprint density at radius 3 is 2.50 bits per heavy atom. The molecule has 0 atom stereocenters. The minimum Gasteiger partial charge on any atom is -0.328 e. The Kier molecular flexibility index (Phi) is 4.13. The molecule has 110 valence electrons. The third kappa shape index (κ3) is 2.84. The lowest BCUT2D eigenvalue weighted by Gasteiger charge is -2.05. The second-order valence-corrected chi connectivity index (χ2v) is 7.27. The van der Waals surface area contributed by atoms with E-state index in [0.717, 1.165) is 17.8 Å². The van der Waals surface area contributed by atoms with Crippen molar-refractivity contribution < 1.29 is 8.42 Å². The summed E-state index contributed by atoms with van der Waals surface area (Å²) in [6, 6.07) is 0. The highest BCUT2D eigenvalue weighted by Gasteiger charge is 2.19. The first-order chi connectivity index (χ1) is 9.24. The van der Waals surface area contributed by atoms with Gasteiger partial charge in [-0.1, -0.05) is 18.5 Å². The van der Waals surface area contributed by atoms with E-state index in [4.69, 9.17) is 22.3 Å². The van der Waals surface area contributed by atoms with Crippen LogP contribution in [0.3, 0.4) is 0 Å². The Morgan fingerprint density at radius 1 is 1.40 bits per heavy atom. The highest BCUT2D eigenvalue weighted by molar-refractivity contribution is 8.13. The molecule has 0 radical (unpaired) electrons. The maximum absolute atomic E-state index is 11.3. The summed E-state index contributed by atoms with van der Waals surface area (Å²) in [7, 11) is 3.25. The van der Waals surface area contributed by atoms with Gasteiger partial charge in [0.2, 0.25) is 0 Å². The highest BCUT2D eigenvalue weighted by Crippen LogP contribution is 2.23. The molecule has 0 aliphatic rings. The van der Waals surface area contributed by atoms with Crippen LogP contribution >= 0.6 is 22.3 Å². The SMILES string of the molecule is CCc1nn(C)c(Cn2cc(S(=O)(=O)Cl)nc2C)c1Cl. The van der Waals surface area contributed by atoms with Crippen molar-refractivity contribution in [2.45, 2.75) is 31.8 Å². The van der Waals surface area contributed by atoms with E-state index >= 15 is 0 Å². The Morgan fingerprint density at radius 2 is 2.05 bits per heavy atom. The van der Waals surface area contributed by atoms with Crippen LogP contribution in [0.15, 0.2) is 11.2 Å². The van der Waals surface area contributed by atoms with E-state index < -0.39 is 9.05 Å². The van der Waals surface area contributed by atoms with E-state index in [1.807, 2.05) is 6.92 Å². The fraction of sp³-hybridized carbons (Fsp3) is 0.455. The van der Waals surface area contributed by atoms with Gasteiger partial charge in [-0.05, 0) is 13.3 Å². The fourth-order valence-corrected chi connectivity index (χ4v) is 2.98. The number of halogens is 2. The Hall–Kier alpha value is -1.05. The topological polar surface area (TPSA) is 69.8 Å². The first-order valence-corrected chi connectivity index (χ1v) is 8.61. The second kappa shape index (κ2) is 5.38. The molecule has 0 bridgehead atoms. The first kappa shape index (κ1) is 15.3. The minimum absolute atomic E-state index is 0.161. The summed E-state index contributed by atoms with van der Waals surface area (Å²) >= 11 is 6.27. The molecule has 0 spiro atoms. The van der Waals surface area contributed by atoms with Crippen LogP contribution in [0.25, 0.3) is 0 Å². The molecule has 0 saturated carbocycles. The third-order valence-electron chi connectivity index (χ3n) is 3.03. The molecule has 20 heavy (non-hydrogen) atoms. The van der Waals surface area contributed by atoms with Gasteiger partial charge in [0.25, 0.3) is 9.05 Å². The molecule has 9 heteroatoms. The number of hydrogen-bond acceptors (Lipinski definition) is 4. The van der Waals surface area contributed by atoms with Crippen molar-refractivity contribution in [2.24, 2.45) is 7.05 Å². The number of aromatic nitrogens is 4. The van der Waals surface area contributed by atoms with E-state index in [0.29, 0.717) is 17.4 Å². The molecule has 2 aromatic heterocycles. The van der Waals surface area contributed by atoms with Crippen molar-refractivity contribution in [3.63, 3.8) is 0 Å². The van der Waals surface area contributed by atoms with Gasteiger partial charge in [0.1, 0.15) is 5.82 Å². The van der Waals surface area contributed by atoms with Crippen LogP contribution in [-0.4, -0.2) is 27.7 Å². The molecule has 0 N–H and O–H groups in total. The molecule has 0 saturated heterocycles. The zero-order valence-electron chi connectivity index (χ0n) is 11.3. The van der Waals surface area contributed by atoms with Crippen LogP contribution in [0.5, 0.6) is 0 Å². The lowest BCUT2D eigenvalue weighted by Crippen LogP contribution is -2.06. The quantitative estimate of drug-likeness (QED) is 0.802. The molecule has 2 heterocycles. The normalized spacial score (nSPS) is 12.1. The summed E-state index contributed by atoms with van der Waals surface area (Å²) in [5.74, 6) is 0.541. The Balaban J connectivity index is 2.41. The minimum atomic E-state index is -3.83. The molecule has 0 aliphatic carbocycles. The van der Waals surface area contributed by atoms with Crippen molar-refractivity contribution >= 4 is 31.3 Å². The molecule has 0 amide bonds. The number of imidazole rings is 1. The van der Waals surface area contributed by atoms with E-state index in [9.17, 15) is 8.42 Å². The van der Waals surface area contributed by atoms with Gasteiger partial charge in [-0.15, -0.1) is 0 Å². The van der Waals surface area contributed by atoms with Crippen LogP contribution in [-0.2, 0) is 29.1 Å². The van der Waals surface area contributed by atoms with Crippen LogP contribution in [0.2, 0.25) is 5.02 Å². The van der Waals surface area contributed by atoms with Gasteiger partial charge in [-0.25, -0.2) is 13.4 Å². The third-order valence-corrected chi connectivity index (χ3v) is 4.63. The average Bonchev–Trinajstić information content (AvgIpc) is 2.84. The van der Waals surface area contributed by atoms with Gasteiger partial charge >= 0.3 is 0 Å². The van der Waals surface area contributed by atoms with Gasteiger partial charge in [-0.2, -0.15) is 5.10 Å². The van der Waals surface area contributed by atoms with Gasteiger partial charge in [0, 0.05) is 23.9 Å². The van der Waals surface area contributed by atoms with Crippen molar-refractivity contribution in [2.75, 3.05) is 0 Å². The molecule has 2 aromatic rings. The molecule has 6 nitrogen and oxygen atoms in total. The number of rotatable bonds is 4. The number of aryl methyl sites for hydroxylation is 3. The van der Waals surface area contributed by atoms with Crippen molar-refractivity contribution in [3.8, 4) is 0 Å². The maximum atomic E-state index is 11.3. The van der Waals surface area contributed by atoms with Gasteiger partial charge in [0.15, 0.2) is 5.03 Å². The Bertz CT molecular complexity index is 749. The second-order valence-electron chi connectivity index (χ2n) is 4.38. The van der Waals surface area contributed by atoms with Crippen LogP contribution < -0.4 is 0 Å². The lowest BCUT2D eigenvalue weighted by molar-refractivity contribution is 0.606. The van der Waals surface area contributed by atoms with E-state index in [-0.39, 0.29) is 5.03 Å². The summed E-state index contributed by atoms with van der Waals surface area (Å²) in [5, 5.41) is 4.75. The van der Waals surface area contributed by atoms with Gasteiger partial charge in [0.05, 0.1) is 23.0 Å². The predicted octanol–water partition coefficient (Wildman–Crippen LogP) is 2.12. The predicted molar refractivity (Wildman–Crippen MR) is 76.7 cm³/mol. The number of nitrogens with zero attached hydrogens (tertiary/aromatic N) is 4. The molecular formula is C11H14Cl2N4O2S. The molecular weight excluding hydrogens is 323 g/mol. The molecule has 0 fully saturated rings. The molecule has 0 unspecified atom stereocenters. The van der Waals surface area contributed by atoms with Crippen LogP contribution in [0.4, 0.5) is 0 Å². The van der Waals surface area contributed by atoms with Gasteiger partial charge in [-0.3, -0.25) is 4.68 Å². The van der Waals surface area contributed by atoms with Crippen LogP contribution in [0.1, 0.15) is 24.1 Å². The molecule has 0 aromatic carbocycles. The molecule has 2 rings (SSSR count). The van der Waals surface area contributed by atoms with Crippen LogP contribution in [0, 0.1) is 6.92 Å². The summed E-state index contributed by atoms with van der Waals surface area (Å²) in [4.78, 5) is 3.93.